The van der Waals surface area contributed by atoms with Crippen LogP contribution in [0.2, 0.25) is 0 Å². The van der Waals surface area contributed by atoms with Crippen LogP contribution in [0.1, 0.15) is 13.8 Å². The van der Waals surface area contributed by atoms with E-state index in [2.05, 4.69) is 0 Å². The number of carbonyl (C=O) groups is 1. The van der Waals surface area contributed by atoms with Crippen molar-refractivity contribution in [1.29, 1.82) is 0 Å². The molecule has 0 heterocycles. The molecule has 0 bridgehead atoms. The third-order valence-electron chi connectivity index (χ3n) is 1.53. The third kappa shape index (κ3) is 2.86. The highest BCUT2D eigenvalue weighted by Gasteiger charge is 2.20. The van der Waals surface area contributed by atoms with Crippen molar-refractivity contribution in [1.82, 2.24) is 4.90 Å². The summed E-state index contributed by atoms with van der Waals surface area (Å²) in [6.45, 7) is 3.00. The van der Waals surface area contributed by atoms with Crippen LogP contribution in [-0.2, 0) is 9.53 Å². The maximum atomic E-state index is 10.8. The van der Waals surface area contributed by atoms with Crippen molar-refractivity contribution < 1.29 is 14.6 Å². The van der Waals surface area contributed by atoms with Gasteiger partial charge in [-0.05, 0) is 6.92 Å². The fourth-order valence-electron chi connectivity index (χ4n) is 0.858. The van der Waals surface area contributed by atoms with E-state index in [1.807, 2.05) is 0 Å². The van der Waals surface area contributed by atoms with Crippen LogP contribution in [0.3, 0.4) is 0 Å². The molecular weight excluding hydrogens is 146 g/mol. The molecule has 0 saturated carbocycles. The average Bonchev–Trinajstić information content (AvgIpc) is 1.88. The van der Waals surface area contributed by atoms with Crippen LogP contribution in [-0.4, -0.2) is 42.4 Å². The van der Waals surface area contributed by atoms with Crippen molar-refractivity contribution in [3.63, 3.8) is 0 Å². The topological polar surface area (TPSA) is 49.8 Å². The molecule has 0 aliphatic carbocycles. The zero-order chi connectivity index (χ0) is 9.02. The normalized spacial score (nSPS) is 15.7. The van der Waals surface area contributed by atoms with Gasteiger partial charge in [-0.3, -0.25) is 4.79 Å². The van der Waals surface area contributed by atoms with E-state index in [4.69, 9.17) is 9.84 Å². The molecule has 0 spiro atoms. The van der Waals surface area contributed by atoms with Crippen LogP contribution in [0.15, 0.2) is 0 Å². The van der Waals surface area contributed by atoms with E-state index < -0.39 is 12.3 Å². The molecule has 0 rings (SSSR count). The number of carbonyl (C=O) groups excluding carboxylic acids is 1. The van der Waals surface area contributed by atoms with Crippen LogP contribution in [0, 0.1) is 0 Å². The molecule has 2 unspecified atom stereocenters. The number of aliphatic hydroxyl groups is 1. The van der Waals surface area contributed by atoms with Gasteiger partial charge < -0.3 is 14.7 Å². The third-order valence-corrected chi connectivity index (χ3v) is 1.53. The monoisotopic (exact) mass is 161 g/mol. The Morgan fingerprint density at radius 3 is 2.18 bits per heavy atom. The summed E-state index contributed by atoms with van der Waals surface area (Å²) in [6.07, 6.45) is -1.22. The van der Waals surface area contributed by atoms with Gasteiger partial charge in [-0.15, -0.1) is 0 Å². The summed E-state index contributed by atoms with van der Waals surface area (Å²) in [5.41, 5.74) is 0. The second kappa shape index (κ2) is 4.31. The molecule has 0 aromatic carbocycles. The van der Waals surface area contributed by atoms with Crippen molar-refractivity contribution in [3.8, 4) is 0 Å². The number of likely N-dealkylation sites (N-methyl/N-ethyl adjacent to an activating group) is 1. The lowest BCUT2D eigenvalue weighted by Crippen LogP contribution is -2.43. The molecule has 0 fully saturated rings. The molecular formula is C7H15NO3. The molecule has 1 amide bonds. The van der Waals surface area contributed by atoms with Gasteiger partial charge in [0.2, 0.25) is 5.91 Å². The first-order valence-corrected chi connectivity index (χ1v) is 3.45. The van der Waals surface area contributed by atoms with Gasteiger partial charge in [0.25, 0.3) is 0 Å². The van der Waals surface area contributed by atoms with Gasteiger partial charge in [0, 0.05) is 21.1 Å². The number of aliphatic hydroxyl groups excluding tert-OH is 1. The van der Waals surface area contributed by atoms with E-state index in [1.165, 1.54) is 18.9 Å². The largest absolute Gasteiger partial charge is 0.389 e. The summed E-state index contributed by atoms with van der Waals surface area (Å²) in [4.78, 5) is 12.1. The fourth-order valence-corrected chi connectivity index (χ4v) is 0.858. The predicted molar refractivity (Wildman–Crippen MR) is 40.9 cm³/mol. The van der Waals surface area contributed by atoms with Crippen molar-refractivity contribution >= 4 is 5.91 Å². The lowest BCUT2D eigenvalue weighted by atomic mass is 10.3. The van der Waals surface area contributed by atoms with Crippen molar-refractivity contribution in [3.05, 3.63) is 0 Å². The predicted octanol–water partition coefficient (Wildman–Crippen LogP) is -0.182. The zero-order valence-corrected chi connectivity index (χ0v) is 7.37. The minimum Gasteiger partial charge on any atom is -0.389 e. The van der Waals surface area contributed by atoms with Crippen molar-refractivity contribution in [2.45, 2.75) is 26.2 Å². The van der Waals surface area contributed by atoms with Gasteiger partial charge in [0.15, 0.2) is 6.23 Å². The molecule has 0 aliphatic heterocycles. The Kier molecular flexibility index (Phi) is 4.07. The Balaban J connectivity index is 4.13. The second-order valence-electron chi connectivity index (χ2n) is 2.50. The number of nitrogens with zero attached hydrogens (tertiary/aromatic N) is 1. The summed E-state index contributed by atoms with van der Waals surface area (Å²) >= 11 is 0. The van der Waals surface area contributed by atoms with Crippen LogP contribution in [0.4, 0.5) is 0 Å². The number of rotatable bonds is 3. The molecule has 66 valence electrons. The number of methoxy groups -OCH3 is 1. The smallest absolute Gasteiger partial charge is 0.221 e. The Labute approximate surface area is 66.8 Å². The number of amides is 1. The minimum absolute atomic E-state index is 0.127. The second-order valence-corrected chi connectivity index (χ2v) is 2.50. The molecule has 0 radical (unpaired) electrons. The van der Waals surface area contributed by atoms with Crippen molar-refractivity contribution in [2.75, 3.05) is 14.2 Å². The highest BCUT2D eigenvalue weighted by atomic mass is 16.5. The van der Waals surface area contributed by atoms with E-state index in [1.54, 1.807) is 14.0 Å². The maximum Gasteiger partial charge on any atom is 0.221 e. The average molecular weight is 161 g/mol. The zero-order valence-electron chi connectivity index (χ0n) is 7.37. The van der Waals surface area contributed by atoms with Gasteiger partial charge >= 0.3 is 0 Å². The molecule has 0 aliphatic rings. The van der Waals surface area contributed by atoms with Crippen LogP contribution in [0.25, 0.3) is 0 Å². The summed E-state index contributed by atoms with van der Waals surface area (Å²) in [7, 11) is 3.04. The molecule has 2 atom stereocenters. The molecule has 0 aromatic heterocycles. The molecule has 4 nitrogen and oxygen atoms in total. The first-order chi connectivity index (χ1) is 5.00. The Morgan fingerprint density at radius 1 is 1.64 bits per heavy atom. The van der Waals surface area contributed by atoms with Crippen molar-refractivity contribution in [2.24, 2.45) is 0 Å². The molecule has 1 N–H and O–H groups in total. The lowest BCUT2D eigenvalue weighted by molar-refractivity contribution is -0.148. The van der Waals surface area contributed by atoms with Gasteiger partial charge in [0.1, 0.15) is 0 Å². The van der Waals surface area contributed by atoms with E-state index in [9.17, 15) is 4.79 Å². The minimum atomic E-state index is -0.672. The standard InChI is InChI=1S/C7H15NO3/c1-5(9)7(11-4)8(3)6(2)10/h5,7,9H,1-4H3. The Hall–Kier alpha value is -0.610. The molecule has 4 heteroatoms. The van der Waals surface area contributed by atoms with Gasteiger partial charge in [0.05, 0.1) is 6.10 Å². The highest BCUT2D eigenvalue weighted by molar-refractivity contribution is 5.73. The van der Waals surface area contributed by atoms with E-state index in [-0.39, 0.29) is 5.91 Å². The molecule has 11 heavy (non-hydrogen) atoms. The maximum absolute atomic E-state index is 10.8. The summed E-state index contributed by atoms with van der Waals surface area (Å²) < 4.78 is 4.89. The fraction of sp³-hybridized carbons (Fsp3) is 0.857. The van der Waals surface area contributed by atoms with E-state index >= 15 is 0 Å². The Morgan fingerprint density at radius 2 is 2.09 bits per heavy atom. The SMILES string of the molecule is COC(C(C)O)N(C)C(C)=O. The van der Waals surface area contributed by atoms with Crippen LogP contribution >= 0.6 is 0 Å². The molecule has 0 saturated heterocycles. The van der Waals surface area contributed by atoms with Gasteiger partial charge in [-0.2, -0.15) is 0 Å². The summed E-state index contributed by atoms with van der Waals surface area (Å²) in [5, 5.41) is 9.11. The first kappa shape index (κ1) is 10.4. The molecule has 0 aromatic rings. The Bertz CT molecular complexity index is 136. The summed E-state index contributed by atoms with van der Waals surface area (Å²) in [5.74, 6) is -0.127. The quantitative estimate of drug-likeness (QED) is 0.584. The van der Waals surface area contributed by atoms with E-state index in [0.29, 0.717) is 0 Å². The van der Waals surface area contributed by atoms with E-state index in [0.717, 1.165) is 0 Å². The van der Waals surface area contributed by atoms with Crippen LogP contribution < -0.4 is 0 Å². The first-order valence-electron chi connectivity index (χ1n) is 3.45. The number of hydrogen-bond donors (Lipinski definition) is 1. The number of ether oxygens (including phenoxy) is 1. The highest BCUT2D eigenvalue weighted by Crippen LogP contribution is 2.02. The number of hydrogen-bond acceptors (Lipinski definition) is 3. The lowest BCUT2D eigenvalue weighted by Gasteiger charge is -2.27. The summed E-state index contributed by atoms with van der Waals surface area (Å²) in [6, 6.07) is 0. The van der Waals surface area contributed by atoms with Gasteiger partial charge in [-0.25, -0.2) is 0 Å². The van der Waals surface area contributed by atoms with Gasteiger partial charge in [-0.1, -0.05) is 0 Å². The van der Waals surface area contributed by atoms with Crippen LogP contribution in [0.5, 0.6) is 0 Å².